The fourth-order valence-corrected chi connectivity index (χ4v) is 1.43. The van der Waals surface area contributed by atoms with Crippen LogP contribution in [0.4, 0.5) is 0 Å². The number of piperidine rings is 1. The van der Waals surface area contributed by atoms with Crippen LogP contribution in [0.25, 0.3) is 0 Å². The molecule has 6 heteroatoms. The molecule has 13 heavy (non-hydrogen) atoms. The zero-order valence-electron chi connectivity index (χ0n) is 7.32. The van der Waals surface area contributed by atoms with Crippen molar-refractivity contribution in [1.82, 2.24) is 4.90 Å². The van der Waals surface area contributed by atoms with Crippen molar-refractivity contribution >= 4 is 24.3 Å². The Kier molecular flexibility index (Phi) is 4.55. The van der Waals surface area contributed by atoms with Crippen LogP contribution in [-0.2, 0) is 4.79 Å². The maximum atomic E-state index is 10.8. The molecule has 0 aromatic heterocycles. The first-order valence-corrected chi connectivity index (χ1v) is 3.99. The molecule has 0 radical (unpaired) electrons. The number of nitrogens with one attached hydrogen (secondary N) is 1. The number of hydrogen-bond acceptors (Lipinski definition) is 2. The first-order valence-electron chi connectivity index (χ1n) is 3.99. The number of likely N-dealkylation sites (tertiary alicyclic amines) is 1. The molecule has 0 aromatic rings. The van der Waals surface area contributed by atoms with Crippen LogP contribution < -0.4 is 11.5 Å². The quantitative estimate of drug-likeness (QED) is 0.399. The second-order valence-corrected chi connectivity index (χ2v) is 3.07. The van der Waals surface area contributed by atoms with E-state index >= 15 is 0 Å². The minimum absolute atomic E-state index is 0. The second-order valence-electron chi connectivity index (χ2n) is 3.07. The number of primary amides is 1. The summed E-state index contributed by atoms with van der Waals surface area (Å²) in [5, 5.41) is 7.17. The van der Waals surface area contributed by atoms with Crippen LogP contribution in [0.1, 0.15) is 12.8 Å². The molecular formula is C7H15ClN4O. The first-order chi connectivity index (χ1) is 5.61. The van der Waals surface area contributed by atoms with Gasteiger partial charge in [0.05, 0.1) is 5.92 Å². The van der Waals surface area contributed by atoms with Crippen LogP contribution in [0.15, 0.2) is 0 Å². The number of carbonyl (C=O) groups is 1. The van der Waals surface area contributed by atoms with Crippen molar-refractivity contribution in [3.8, 4) is 0 Å². The number of hydrogen-bond donors (Lipinski definition) is 3. The zero-order chi connectivity index (χ0) is 9.14. The fraction of sp³-hybridized carbons (Fsp3) is 0.714. The summed E-state index contributed by atoms with van der Waals surface area (Å²) in [4.78, 5) is 12.5. The van der Waals surface area contributed by atoms with Crippen molar-refractivity contribution in [2.75, 3.05) is 13.1 Å². The van der Waals surface area contributed by atoms with Gasteiger partial charge in [0, 0.05) is 13.1 Å². The Labute approximate surface area is 83.4 Å². The van der Waals surface area contributed by atoms with Gasteiger partial charge in [0.1, 0.15) is 0 Å². The van der Waals surface area contributed by atoms with E-state index in [1.165, 1.54) is 0 Å². The SMILES string of the molecule is Cl.N=C(N)N1CCC[C@H](C(N)=O)C1. The summed E-state index contributed by atoms with van der Waals surface area (Å²) in [6.07, 6.45) is 1.70. The van der Waals surface area contributed by atoms with Crippen LogP contribution in [0.5, 0.6) is 0 Å². The zero-order valence-corrected chi connectivity index (χ0v) is 8.14. The molecule has 1 heterocycles. The van der Waals surface area contributed by atoms with Crippen molar-refractivity contribution in [3.63, 3.8) is 0 Å². The third-order valence-corrected chi connectivity index (χ3v) is 2.16. The van der Waals surface area contributed by atoms with E-state index in [-0.39, 0.29) is 30.2 Å². The molecule has 1 aliphatic heterocycles. The summed E-state index contributed by atoms with van der Waals surface area (Å²) in [5.41, 5.74) is 10.4. The van der Waals surface area contributed by atoms with E-state index in [2.05, 4.69) is 0 Å². The molecule has 1 amide bonds. The topological polar surface area (TPSA) is 96.2 Å². The second kappa shape index (κ2) is 4.91. The van der Waals surface area contributed by atoms with Crippen molar-refractivity contribution in [2.45, 2.75) is 12.8 Å². The highest BCUT2D eigenvalue weighted by Crippen LogP contribution is 2.14. The van der Waals surface area contributed by atoms with Gasteiger partial charge in [0.15, 0.2) is 5.96 Å². The molecule has 76 valence electrons. The Morgan fingerprint density at radius 2 is 2.08 bits per heavy atom. The van der Waals surface area contributed by atoms with Crippen LogP contribution in [0.2, 0.25) is 0 Å². The van der Waals surface area contributed by atoms with Crippen LogP contribution in [0.3, 0.4) is 0 Å². The van der Waals surface area contributed by atoms with Crippen LogP contribution in [0, 0.1) is 11.3 Å². The maximum Gasteiger partial charge on any atom is 0.222 e. The van der Waals surface area contributed by atoms with E-state index in [4.69, 9.17) is 16.9 Å². The van der Waals surface area contributed by atoms with Gasteiger partial charge in [-0.15, -0.1) is 12.4 Å². The van der Waals surface area contributed by atoms with Gasteiger partial charge < -0.3 is 16.4 Å². The minimum atomic E-state index is -0.291. The standard InChI is InChI=1S/C7H14N4O.ClH/c8-6(12)5-2-1-3-11(4-5)7(9)10;/h5H,1-4H2,(H2,8,12)(H3,9,10);1H/t5-;/m0./s1. The Hall–Kier alpha value is -0.970. The van der Waals surface area contributed by atoms with Gasteiger partial charge in [0.2, 0.25) is 5.91 Å². The molecule has 0 unspecified atom stereocenters. The van der Waals surface area contributed by atoms with E-state index in [9.17, 15) is 4.79 Å². The Balaban J connectivity index is 0.00000144. The smallest absolute Gasteiger partial charge is 0.222 e. The van der Waals surface area contributed by atoms with Crippen molar-refractivity contribution < 1.29 is 4.79 Å². The van der Waals surface area contributed by atoms with Crippen molar-refractivity contribution in [3.05, 3.63) is 0 Å². The highest BCUT2D eigenvalue weighted by atomic mass is 35.5. The van der Waals surface area contributed by atoms with Gasteiger partial charge in [-0.25, -0.2) is 0 Å². The van der Waals surface area contributed by atoms with Gasteiger partial charge >= 0.3 is 0 Å². The largest absolute Gasteiger partial charge is 0.370 e. The van der Waals surface area contributed by atoms with Gasteiger partial charge in [-0.3, -0.25) is 10.2 Å². The summed E-state index contributed by atoms with van der Waals surface area (Å²) < 4.78 is 0. The first kappa shape index (κ1) is 12.0. The number of amides is 1. The number of halogens is 1. The average Bonchev–Trinajstić information content (AvgIpc) is 2.04. The highest BCUT2D eigenvalue weighted by molar-refractivity contribution is 5.85. The predicted molar refractivity (Wildman–Crippen MR) is 52.7 cm³/mol. The molecule has 0 aliphatic carbocycles. The Morgan fingerprint density at radius 1 is 1.46 bits per heavy atom. The predicted octanol–water partition coefficient (Wildman–Crippen LogP) is -0.501. The molecule has 1 aliphatic rings. The van der Waals surface area contributed by atoms with Gasteiger partial charge in [-0.05, 0) is 12.8 Å². The number of carbonyl (C=O) groups excluding carboxylic acids is 1. The minimum Gasteiger partial charge on any atom is -0.370 e. The summed E-state index contributed by atoms with van der Waals surface area (Å²) in [7, 11) is 0. The molecular weight excluding hydrogens is 192 g/mol. The average molecular weight is 207 g/mol. The van der Waals surface area contributed by atoms with Crippen LogP contribution in [-0.4, -0.2) is 29.9 Å². The molecule has 1 atom stereocenters. The summed E-state index contributed by atoms with van der Waals surface area (Å²) in [5.74, 6) is -0.399. The van der Waals surface area contributed by atoms with E-state index in [0.717, 1.165) is 19.4 Å². The van der Waals surface area contributed by atoms with E-state index in [1.54, 1.807) is 4.90 Å². The monoisotopic (exact) mass is 206 g/mol. The summed E-state index contributed by atoms with van der Waals surface area (Å²) in [6, 6.07) is 0. The van der Waals surface area contributed by atoms with Gasteiger partial charge in [-0.1, -0.05) is 0 Å². The summed E-state index contributed by atoms with van der Waals surface area (Å²) in [6.45, 7) is 1.27. The molecule has 1 saturated heterocycles. The lowest BCUT2D eigenvalue weighted by molar-refractivity contribution is -0.122. The number of rotatable bonds is 1. The van der Waals surface area contributed by atoms with E-state index < -0.39 is 0 Å². The van der Waals surface area contributed by atoms with E-state index in [0.29, 0.717) is 6.54 Å². The lowest BCUT2D eigenvalue weighted by Crippen LogP contribution is -2.46. The molecule has 5 nitrogen and oxygen atoms in total. The molecule has 0 saturated carbocycles. The molecule has 0 bridgehead atoms. The molecule has 0 spiro atoms. The molecule has 1 fully saturated rings. The Bertz CT molecular complexity index is 189. The lowest BCUT2D eigenvalue weighted by atomic mass is 9.98. The van der Waals surface area contributed by atoms with Gasteiger partial charge in [0.25, 0.3) is 0 Å². The fourth-order valence-electron chi connectivity index (χ4n) is 1.43. The van der Waals surface area contributed by atoms with E-state index in [1.807, 2.05) is 0 Å². The van der Waals surface area contributed by atoms with Crippen LogP contribution >= 0.6 is 12.4 Å². The molecule has 5 N–H and O–H groups in total. The number of guanidine groups is 1. The third-order valence-electron chi connectivity index (χ3n) is 2.16. The van der Waals surface area contributed by atoms with Gasteiger partial charge in [-0.2, -0.15) is 0 Å². The third kappa shape index (κ3) is 3.10. The maximum absolute atomic E-state index is 10.8. The Morgan fingerprint density at radius 3 is 2.54 bits per heavy atom. The summed E-state index contributed by atoms with van der Waals surface area (Å²) >= 11 is 0. The van der Waals surface area contributed by atoms with Crippen molar-refractivity contribution in [2.24, 2.45) is 17.4 Å². The number of nitrogens with zero attached hydrogens (tertiary/aromatic N) is 1. The highest BCUT2D eigenvalue weighted by Gasteiger charge is 2.24. The normalized spacial score (nSPS) is 21.8. The number of nitrogens with two attached hydrogens (primary N) is 2. The lowest BCUT2D eigenvalue weighted by Gasteiger charge is -2.31. The molecule has 0 aromatic carbocycles. The van der Waals surface area contributed by atoms with Crippen molar-refractivity contribution in [1.29, 1.82) is 5.41 Å². The molecule has 1 rings (SSSR count).